The van der Waals surface area contributed by atoms with Crippen molar-refractivity contribution < 1.29 is 71.8 Å². The van der Waals surface area contributed by atoms with Crippen LogP contribution in [0.2, 0.25) is 0 Å². The topological polar surface area (TPSA) is 194 Å². The van der Waals surface area contributed by atoms with Crippen molar-refractivity contribution in [2.75, 3.05) is 21.1 Å². The molecule has 0 saturated carbocycles. The van der Waals surface area contributed by atoms with E-state index >= 15 is 0 Å². The summed E-state index contributed by atoms with van der Waals surface area (Å²) in [5.41, 5.74) is -5.29. The smallest absolute Gasteiger partial charge is 0.311 e. The van der Waals surface area contributed by atoms with Gasteiger partial charge in [-0.25, -0.2) is 0 Å². The maximum Gasteiger partial charge on any atom is 0.311 e. The minimum atomic E-state index is -3.17. The third kappa shape index (κ3) is 9.51. The molecule has 0 aliphatic carbocycles. The van der Waals surface area contributed by atoms with Gasteiger partial charge in [-0.15, -0.1) is 0 Å². The second-order valence-electron chi connectivity index (χ2n) is 15.9. The summed E-state index contributed by atoms with van der Waals surface area (Å²) in [6.07, 6.45) is -13.8. The number of ketones is 1. The first-order valence-corrected chi connectivity index (χ1v) is 18.0. The van der Waals surface area contributed by atoms with Crippen molar-refractivity contribution in [3.8, 4) is 0 Å². The molecular weight excluding hydrogens is 666 g/mol. The lowest BCUT2D eigenvalue weighted by molar-refractivity contribution is -0.318. The Bertz CT molecular complexity index is 1360. The van der Waals surface area contributed by atoms with Crippen LogP contribution in [0, 0.1) is 23.7 Å². The summed E-state index contributed by atoms with van der Waals surface area (Å²) < 4.78 is 84.6. The predicted molar refractivity (Wildman–Crippen MR) is 186 cm³/mol. The molecule has 3 aliphatic rings. The summed E-state index contributed by atoms with van der Waals surface area (Å²) in [6.45, 7) is 8.76. The molecule has 3 heterocycles. The Morgan fingerprint density at radius 1 is 0.922 bits per heavy atom. The predicted octanol–water partition coefficient (Wildman–Crippen LogP) is 1.79. The highest BCUT2D eigenvalue weighted by Crippen LogP contribution is 2.40. The lowest BCUT2D eigenvalue weighted by Gasteiger charge is -2.49. The van der Waals surface area contributed by atoms with Crippen LogP contribution in [0.3, 0.4) is 0 Å². The van der Waals surface area contributed by atoms with E-state index in [-0.39, 0.29) is 30.6 Å². The maximum atomic E-state index is 14.2. The van der Waals surface area contributed by atoms with Crippen LogP contribution < -0.4 is 0 Å². The van der Waals surface area contributed by atoms with Crippen LogP contribution in [0.25, 0.3) is 0 Å². The zero-order valence-corrected chi connectivity index (χ0v) is 31.9. The molecule has 0 spiro atoms. The van der Waals surface area contributed by atoms with Crippen molar-refractivity contribution >= 4 is 11.8 Å². The van der Waals surface area contributed by atoms with E-state index in [2.05, 4.69) is 0 Å². The van der Waals surface area contributed by atoms with Crippen LogP contribution in [0.4, 0.5) is 0 Å². The Morgan fingerprint density at radius 3 is 2.12 bits per heavy atom. The molecule has 0 aromatic rings. The number of likely N-dealkylation sites (N-methyl/N-ethyl adjacent to an activating group) is 1. The first kappa shape index (κ1) is 35.4. The summed E-state index contributed by atoms with van der Waals surface area (Å²) in [5.74, 6) is -5.93. The number of aliphatic hydroxyl groups excluding tert-OH is 3. The summed E-state index contributed by atoms with van der Waals surface area (Å²) in [6, 6.07) is -1.53. The molecular formula is C37H67NO13. The molecule has 18 atom stereocenters. The van der Waals surface area contributed by atoms with E-state index in [1.54, 1.807) is 34.6 Å². The summed E-state index contributed by atoms with van der Waals surface area (Å²) in [5, 5.41) is 58.0. The Labute approximate surface area is 312 Å². The highest BCUT2D eigenvalue weighted by Gasteiger charge is 2.53. The molecule has 0 radical (unpaired) electrons. The van der Waals surface area contributed by atoms with Gasteiger partial charge in [0.25, 0.3) is 0 Å². The largest absolute Gasteiger partial charge is 0.459 e. The van der Waals surface area contributed by atoms with Gasteiger partial charge in [-0.2, -0.15) is 0 Å². The van der Waals surface area contributed by atoms with Gasteiger partial charge in [0.2, 0.25) is 0 Å². The van der Waals surface area contributed by atoms with Gasteiger partial charge in [0.05, 0.1) is 47.6 Å². The lowest BCUT2D eigenvalue weighted by atomic mass is 9.74. The molecule has 0 aromatic heterocycles. The lowest BCUT2D eigenvalue weighted by Crippen LogP contribution is -2.61. The highest BCUT2D eigenvalue weighted by molar-refractivity contribution is 5.83. The fourth-order valence-corrected chi connectivity index (χ4v) is 8.15. The van der Waals surface area contributed by atoms with Gasteiger partial charge in [0.15, 0.2) is 12.6 Å². The van der Waals surface area contributed by atoms with Crippen molar-refractivity contribution in [3.63, 3.8) is 0 Å². The number of methoxy groups -OCH3 is 1. The molecule has 3 rings (SSSR count). The number of hydrogen-bond donors (Lipinski definition) is 5. The van der Waals surface area contributed by atoms with E-state index in [1.165, 1.54) is 41.7 Å². The van der Waals surface area contributed by atoms with Gasteiger partial charge >= 0.3 is 5.97 Å². The third-order valence-corrected chi connectivity index (χ3v) is 11.5. The zero-order chi connectivity index (χ0) is 44.0. The number of ether oxygens (including phenoxy) is 6. The molecule has 3 aliphatic heterocycles. The van der Waals surface area contributed by atoms with Crippen LogP contribution in [0.15, 0.2) is 0 Å². The quantitative estimate of drug-likeness (QED) is 0.237. The molecule has 5 N–H and O–H groups in total. The SMILES string of the molecule is [2H]C([2H])([2H])N([C@H]1C[C@@H](C)O[C@@H](OC2[C@@H](C)[C@H](O[C@H]3C[C@@](C)(OC)[C@@H](O)[C@H](C)O3)[C@@H](C)C(=O)O[C@H](CC)[C@@](C)(O)[C@H](O)[C@@H](C)C(=O)[C@H](C)C[C@@]2(C)O)[C@@H]1O)C([2H])([2H])[2H]. The standard InChI is InChI=1S/C37H67NO13/c1-14-25-37(10,45)30(41)20(4)27(39)18(2)16-35(8,44)32(51-34-28(40)24(38(11)12)15-19(3)47-34)21(5)29(22(6)33(43)49-25)50-26-17-36(9,46-13)31(42)23(7)48-26/h18-26,28-32,34,40-42,44-45H,14-17H2,1-13H3/t18-,19-,20+,21+,22-,23+,24+,25-,26+,28-,29+,30-,31+,32?,34+,35-,36-,37-/m1/s1/i11D3,12D3. The van der Waals surface area contributed by atoms with E-state index in [4.69, 9.17) is 36.6 Å². The molecule has 3 saturated heterocycles. The molecule has 3 fully saturated rings. The average Bonchev–Trinajstić information content (AvgIpc) is 3.08. The van der Waals surface area contributed by atoms with Crippen LogP contribution in [-0.2, 0) is 38.0 Å². The van der Waals surface area contributed by atoms with Crippen molar-refractivity contribution in [3.05, 3.63) is 0 Å². The fraction of sp³-hybridized carbons (Fsp3) is 0.946. The number of nitrogens with zero attached hydrogens (tertiary/aromatic N) is 1. The average molecular weight is 740 g/mol. The normalized spacial score (nSPS) is 52.0. The first-order chi connectivity index (χ1) is 25.8. The number of rotatable bonds is 7. The van der Waals surface area contributed by atoms with Gasteiger partial charge in [0, 0.05) is 45.6 Å². The summed E-state index contributed by atoms with van der Waals surface area (Å²) >= 11 is 0. The molecule has 0 bridgehead atoms. The first-order valence-electron chi connectivity index (χ1n) is 21.0. The number of Topliss-reactive ketones (excluding diaryl/α,β-unsaturated/α-hetero) is 1. The molecule has 51 heavy (non-hydrogen) atoms. The summed E-state index contributed by atoms with van der Waals surface area (Å²) in [7, 11) is 1.42. The van der Waals surface area contributed by atoms with E-state index in [0.29, 0.717) is 0 Å². The molecule has 14 nitrogen and oxygen atoms in total. The molecule has 0 amide bonds. The van der Waals surface area contributed by atoms with Crippen LogP contribution >= 0.6 is 0 Å². The Morgan fingerprint density at radius 2 is 1.55 bits per heavy atom. The van der Waals surface area contributed by atoms with E-state index in [0.717, 1.165) is 0 Å². The van der Waals surface area contributed by atoms with E-state index in [9.17, 15) is 35.1 Å². The Kier molecular flexibility index (Phi) is 11.8. The monoisotopic (exact) mass is 739 g/mol. The third-order valence-electron chi connectivity index (χ3n) is 11.5. The van der Waals surface area contributed by atoms with Gasteiger partial charge in [-0.05, 0) is 74.8 Å². The minimum absolute atomic E-state index is 0.0203. The molecule has 14 heteroatoms. The zero-order valence-electron chi connectivity index (χ0n) is 37.9. The number of carbonyl (C=O) groups excluding carboxylic acids is 2. The van der Waals surface area contributed by atoms with E-state index < -0.39 is 134 Å². The van der Waals surface area contributed by atoms with Crippen molar-refractivity contribution in [2.45, 2.75) is 179 Å². The van der Waals surface area contributed by atoms with Crippen LogP contribution in [-0.4, -0.2) is 148 Å². The number of cyclic esters (lactones) is 1. The van der Waals surface area contributed by atoms with Gasteiger partial charge in [-0.1, -0.05) is 27.7 Å². The van der Waals surface area contributed by atoms with Gasteiger partial charge < -0.3 is 58.9 Å². The second-order valence-corrected chi connectivity index (χ2v) is 15.9. The van der Waals surface area contributed by atoms with Crippen molar-refractivity contribution in [1.29, 1.82) is 0 Å². The molecule has 0 aromatic carbocycles. The van der Waals surface area contributed by atoms with Crippen molar-refractivity contribution in [1.82, 2.24) is 4.90 Å². The Balaban J connectivity index is 2.23. The summed E-state index contributed by atoms with van der Waals surface area (Å²) in [4.78, 5) is 28.3. The number of carbonyl (C=O) groups is 2. The molecule has 1 unspecified atom stereocenters. The number of hydrogen-bond acceptors (Lipinski definition) is 14. The second kappa shape index (κ2) is 17.0. The minimum Gasteiger partial charge on any atom is -0.459 e. The molecule has 298 valence electrons. The number of esters is 1. The van der Waals surface area contributed by atoms with Crippen LogP contribution in [0.5, 0.6) is 0 Å². The van der Waals surface area contributed by atoms with Gasteiger partial charge in [0.1, 0.15) is 29.7 Å². The maximum absolute atomic E-state index is 14.2. The van der Waals surface area contributed by atoms with E-state index in [1.807, 2.05) is 0 Å². The van der Waals surface area contributed by atoms with Gasteiger partial charge in [-0.3, -0.25) is 9.59 Å². The van der Waals surface area contributed by atoms with Crippen molar-refractivity contribution in [2.24, 2.45) is 23.7 Å². The van der Waals surface area contributed by atoms with Crippen LogP contribution in [0.1, 0.15) is 103 Å². The fourth-order valence-electron chi connectivity index (χ4n) is 8.15. The Hall–Kier alpha value is -1.30. The highest BCUT2D eigenvalue weighted by atomic mass is 16.7. The number of aliphatic hydroxyl groups is 5.